The first-order valence-corrected chi connectivity index (χ1v) is 5.64. The van der Waals surface area contributed by atoms with Crippen molar-refractivity contribution in [2.24, 2.45) is 0 Å². The van der Waals surface area contributed by atoms with Gasteiger partial charge in [-0.25, -0.2) is 8.78 Å². The van der Waals surface area contributed by atoms with Gasteiger partial charge in [0.2, 0.25) is 0 Å². The minimum atomic E-state index is -1.13. The van der Waals surface area contributed by atoms with Crippen molar-refractivity contribution in [3.05, 3.63) is 65.5 Å². The van der Waals surface area contributed by atoms with Gasteiger partial charge in [0, 0.05) is 23.4 Å². The molecular weight excluding hydrogens is 236 g/mol. The quantitative estimate of drug-likeness (QED) is 0.906. The van der Waals surface area contributed by atoms with E-state index in [1.54, 1.807) is 31.3 Å². The number of halogens is 2. The summed E-state index contributed by atoms with van der Waals surface area (Å²) < 4.78 is 26.7. The standard InChI is InChI=1S/C14H13F2NO/c1-9(12-7-2-3-8-17-12)14(18)10-5-4-6-11(15)13(10)16/h2-9,14,18H,1H3. The highest BCUT2D eigenvalue weighted by molar-refractivity contribution is 5.25. The zero-order valence-electron chi connectivity index (χ0n) is 9.85. The van der Waals surface area contributed by atoms with Crippen molar-refractivity contribution in [3.63, 3.8) is 0 Å². The minimum Gasteiger partial charge on any atom is -0.388 e. The molecule has 0 saturated heterocycles. The second-order valence-electron chi connectivity index (χ2n) is 4.13. The lowest BCUT2D eigenvalue weighted by molar-refractivity contribution is 0.144. The molecule has 18 heavy (non-hydrogen) atoms. The molecule has 4 heteroatoms. The molecule has 0 bridgehead atoms. The number of benzene rings is 1. The highest BCUT2D eigenvalue weighted by Gasteiger charge is 2.23. The van der Waals surface area contributed by atoms with Crippen LogP contribution in [0.25, 0.3) is 0 Å². The van der Waals surface area contributed by atoms with E-state index in [0.717, 1.165) is 6.07 Å². The van der Waals surface area contributed by atoms with Crippen LogP contribution in [0.15, 0.2) is 42.6 Å². The third kappa shape index (κ3) is 2.38. The summed E-state index contributed by atoms with van der Waals surface area (Å²) in [5.41, 5.74) is 0.585. The van der Waals surface area contributed by atoms with Crippen LogP contribution in [-0.4, -0.2) is 10.1 Å². The average molecular weight is 249 g/mol. The Bertz CT molecular complexity index is 531. The summed E-state index contributed by atoms with van der Waals surface area (Å²) in [4.78, 5) is 4.10. The van der Waals surface area contributed by atoms with E-state index in [2.05, 4.69) is 4.98 Å². The molecule has 2 atom stereocenters. The van der Waals surface area contributed by atoms with Crippen molar-refractivity contribution < 1.29 is 13.9 Å². The maximum Gasteiger partial charge on any atom is 0.164 e. The molecule has 2 rings (SSSR count). The predicted octanol–water partition coefficient (Wildman–Crippen LogP) is 3.20. The Morgan fingerprint density at radius 1 is 1.11 bits per heavy atom. The van der Waals surface area contributed by atoms with Crippen LogP contribution >= 0.6 is 0 Å². The molecule has 0 spiro atoms. The Kier molecular flexibility index (Phi) is 3.67. The predicted molar refractivity (Wildman–Crippen MR) is 64.0 cm³/mol. The van der Waals surface area contributed by atoms with Gasteiger partial charge in [-0.3, -0.25) is 4.98 Å². The number of rotatable bonds is 3. The van der Waals surface area contributed by atoms with Crippen LogP contribution in [0.1, 0.15) is 30.2 Å². The summed E-state index contributed by atoms with van der Waals surface area (Å²) in [6.45, 7) is 1.72. The van der Waals surface area contributed by atoms with Gasteiger partial charge in [-0.05, 0) is 18.2 Å². The molecule has 94 valence electrons. The van der Waals surface area contributed by atoms with E-state index in [4.69, 9.17) is 0 Å². The number of aromatic nitrogens is 1. The van der Waals surface area contributed by atoms with Crippen LogP contribution in [0.5, 0.6) is 0 Å². The van der Waals surface area contributed by atoms with Crippen molar-refractivity contribution in [2.75, 3.05) is 0 Å². The molecule has 0 amide bonds. The van der Waals surface area contributed by atoms with Gasteiger partial charge in [-0.1, -0.05) is 25.1 Å². The van der Waals surface area contributed by atoms with Crippen LogP contribution in [-0.2, 0) is 0 Å². The number of pyridine rings is 1. The molecule has 2 nitrogen and oxygen atoms in total. The van der Waals surface area contributed by atoms with Gasteiger partial charge in [0.25, 0.3) is 0 Å². The second-order valence-corrected chi connectivity index (χ2v) is 4.13. The smallest absolute Gasteiger partial charge is 0.164 e. The molecule has 1 N–H and O–H groups in total. The minimum absolute atomic E-state index is 0.0480. The van der Waals surface area contributed by atoms with Gasteiger partial charge in [0.1, 0.15) is 0 Å². The number of aliphatic hydroxyl groups excluding tert-OH is 1. The molecule has 2 aromatic rings. The fraction of sp³-hybridized carbons (Fsp3) is 0.214. The number of hydrogen-bond acceptors (Lipinski definition) is 2. The van der Waals surface area contributed by atoms with E-state index in [1.165, 1.54) is 12.1 Å². The van der Waals surface area contributed by atoms with Gasteiger partial charge >= 0.3 is 0 Å². The van der Waals surface area contributed by atoms with Crippen molar-refractivity contribution in [2.45, 2.75) is 18.9 Å². The van der Waals surface area contributed by atoms with Crippen molar-refractivity contribution in [1.29, 1.82) is 0 Å². The fourth-order valence-corrected chi connectivity index (χ4v) is 1.83. The van der Waals surface area contributed by atoms with E-state index < -0.39 is 23.7 Å². The van der Waals surface area contributed by atoms with Gasteiger partial charge in [0.05, 0.1) is 6.10 Å². The van der Waals surface area contributed by atoms with Crippen LogP contribution < -0.4 is 0 Å². The van der Waals surface area contributed by atoms with Crippen molar-refractivity contribution >= 4 is 0 Å². The van der Waals surface area contributed by atoms with E-state index in [9.17, 15) is 13.9 Å². The lowest BCUT2D eigenvalue weighted by Crippen LogP contribution is -2.11. The van der Waals surface area contributed by atoms with E-state index in [0.29, 0.717) is 5.69 Å². The Labute approximate surface area is 104 Å². The van der Waals surface area contributed by atoms with Crippen LogP contribution in [0.2, 0.25) is 0 Å². The normalized spacial score (nSPS) is 14.2. The molecule has 0 radical (unpaired) electrons. The lowest BCUT2D eigenvalue weighted by Gasteiger charge is -2.19. The SMILES string of the molecule is CC(c1ccccn1)C(O)c1cccc(F)c1F. The number of aliphatic hydroxyl groups is 1. The first-order chi connectivity index (χ1) is 8.61. The molecule has 0 aliphatic carbocycles. The second kappa shape index (κ2) is 5.23. The van der Waals surface area contributed by atoms with Crippen LogP contribution in [0, 0.1) is 11.6 Å². The molecule has 1 aromatic heterocycles. The topological polar surface area (TPSA) is 33.1 Å². The van der Waals surface area contributed by atoms with Gasteiger partial charge in [-0.15, -0.1) is 0 Å². The number of nitrogens with zero attached hydrogens (tertiary/aromatic N) is 1. The molecular formula is C14H13F2NO. The Hall–Kier alpha value is -1.81. The summed E-state index contributed by atoms with van der Waals surface area (Å²) in [7, 11) is 0. The average Bonchev–Trinajstić information content (AvgIpc) is 2.41. The Balaban J connectivity index is 2.31. The van der Waals surface area contributed by atoms with Gasteiger partial charge in [-0.2, -0.15) is 0 Å². The third-order valence-electron chi connectivity index (χ3n) is 2.93. The molecule has 2 unspecified atom stereocenters. The molecule has 1 aromatic carbocycles. The monoisotopic (exact) mass is 249 g/mol. The summed E-state index contributed by atoms with van der Waals surface area (Å²) in [5.74, 6) is -2.38. The molecule has 0 saturated carbocycles. The maximum absolute atomic E-state index is 13.6. The number of hydrogen-bond donors (Lipinski definition) is 1. The van der Waals surface area contributed by atoms with Gasteiger partial charge < -0.3 is 5.11 Å². The summed E-state index contributed by atoms with van der Waals surface area (Å²) in [6.07, 6.45) is 0.469. The molecule has 0 fully saturated rings. The zero-order valence-corrected chi connectivity index (χ0v) is 9.85. The van der Waals surface area contributed by atoms with Crippen molar-refractivity contribution in [1.82, 2.24) is 4.98 Å². The first-order valence-electron chi connectivity index (χ1n) is 5.64. The fourth-order valence-electron chi connectivity index (χ4n) is 1.83. The highest BCUT2D eigenvalue weighted by Crippen LogP contribution is 2.31. The summed E-state index contributed by atoms with van der Waals surface area (Å²) in [6, 6.07) is 9.06. The highest BCUT2D eigenvalue weighted by atomic mass is 19.2. The first kappa shape index (κ1) is 12.6. The van der Waals surface area contributed by atoms with E-state index in [1.807, 2.05) is 0 Å². The maximum atomic E-state index is 13.6. The lowest BCUT2D eigenvalue weighted by atomic mass is 9.94. The molecule has 0 aliphatic rings. The molecule has 1 heterocycles. The molecule has 0 aliphatic heterocycles. The Morgan fingerprint density at radius 3 is 2.56 bits per heavy atom. The largest absolute Gasteiger partial charge is 0.388 e. The van der Waals surface area contributed by atoms with E-state index >= 15 is 0 Å². The Morgan fingerprint density at radius 2 is 1.89 bits per heavy atom. The zero-order chi connectivity index (χ0) is 13.1. The van der Waals surface area contributed by atoms with Gasteiger partial charge in [0.15, 0.2) is 11.6 Å². The van der Waals surface area contributed by atoms with E-state index in [-0.39, 0.29) is 5.56 Å². The van der Waals surface area contributed by atoms with Crippen LogP contribution in [0.3, 0.4) is 0 Å². The summed E-state index contributed by atoms with van der Waals surface area (Å²) in [5, 5.41) is 10.1. The van der Waals surface area contributed by atoms with Crippen molar-refractivity contribution in [3.8, 4) is 0 Å². The summed E-state index contributed by atoms with van der Waals surface area (Å²) >= 11 is 0. The third-order valence-corrected chi connectivity index (χ3v) is 2.93. The van der Waals surface area contributed by atoms with Crippen LogP contribution in [0.4, 0.5) is 8.78 Å².